The van der Waals surface area contributed by atoms with Crippen molar-refractivity contribution in [3.8, 4) is 6.07 Å². The van der Waals surface area contributed by atoms with Crippen molar-refractivity contribution in [2.24, 2.45) is 10.9 Å². The molecular weight excluding hydrogens is 458 g/mol. The Kier molecular flexibility index (Phi) is 8.49. The first kappa shape index (κ1) is 27.3. The van der Waals surface area contributed by atoms with Crippen LogP contribution in [0.15, 0.2) is 17.1 Å². The predicted octanol–water partition coefficient (Wildman–Crippen LogP) is 3.94. The van der Waals surface area contributed by atoms with Gasteiger partial charge in [0.1, 0.15) is 41.0 Å². The third kappa shape index (κ3) is 6.48. The summed E-state index contributed by atoms with van der Waals surface area (Å²) < 4.78 is 5.37. The van der Waals surface area contributed by atoms with Crippen LogP contribution in [0.4, 0.5) is 5.82 Å². The fraction of sp³-hybridized carbons (Fsp3) is 0.630. The molecule has 0 unspecified atom stereocenters. The van der Waals surface area contributed by atoms with Crippen LogP contribution < -0.4 is 5.32 Å². The summed E-state index contributed by atoms with van der Waals surface area (Å²) in [7, 11) is 0. The molecular formula is C27H37N5O4. The lowest BCUT2D eigenvalue weighted by Gasteiger charge is -2.39. The van der Waals surface area contributed by atoms with Crippen LogP contribution in [0.2, 0.25) is 0 Å². The Labute approximate surface area is 213 Å². The molecule has 2 amide bonds. The van der Waals surface area contributed by atoms with Gasteiger partial charge in [-0.15, -0.1) is 0 Å². The molecule has 1 aromatic heterocycles. The number of esters is 1. The zero-order valence-electron chi connectivity index (χ0n) is 22.0. The number of aryl methyl sites for hydroxylation is 1. The molecule has 0 aromatic carbocycles. The standard InChI is InChI=1S/C27H37N5O4/c1-18-13-14-20(16-28)30-23(18)31-24(34)21-12-9-15-32(21)25(35)27(5,19-10-7-6-8-11-19)29-17-22(33)36-26(2,3)4/h13-14,17,19,21H,6-12,15H2,1-5H3,(H,30,31,34)/t21-,27+/m0/s1. The number of anilines is 1. The average Bonchev–Trinajstić information content (AvgIpc) is 3.33. The number of nitriles is 1. The summed E-state index contributed by atoms with van der Waals surface area (Å²) in [6.45, 7) is 9.35. The summed E-state index contributed by atoms with van der Waals surface area (Å²) >= 11 is 0. The number of likely N-dealkylation sites (tertiary alicyclic amines) is 1. The van der Waals surface area contributed by atoms with Crippen molar-refractivity contribution in [2.75, 3.05) is 11.9 Å². The molecule has 1 aliphatic carbocycles. The molecule has 2 aliphatic rings. The number of hydrogen-bond acceptors (Lipinski definition) is 7. The summed E-state index contributed by atoms with van der Waals surface area (Å²) in [4.78, 5) is 50.0. The first-order valence-electron chi connectivity index (χ1n) is 12.7. The summed E-state index contributed by atoms with van der Waals surface area (Å²) in [5.41, 5.74) is -0.903. The van der Waals surface area contributed by atoms with Gasteiger partial charge in [0.2, 0.25) is 5.91 Å². The summed E-state index contributed by atoms with van der Waals surface area (Å²) in [5, 5.41) is 12.0. The molecule has 2 fully saturated rings. The molecule has 1 N–H and O–H groups in total. The molecule has 9 nitrogen and oxygen atoms in total. The van der Waals surface area contributed by atoms with Crippen LogP contribution in [0.3, 0.4) is 0 Å². The Morgan fingerprint density at radius 3 is 2.47 bits per heavy atom. The van der Waals surface area contributed by atoms with Gasteiger partial charge in [0, 0.05) is 6.54 Å². The Hall–Kier alpha value is -3.28. The number of ether oxygens (including phenoxy) is 1. The van der Waals surface area contributed by atoms with Crippen LogP contribution in [-0.2, 0) is 19.1 Å². The number of rotatable bonds is 6. The number of nitrogens with one attached hydrogen (secondary N) is 1. The molecule has 194 valence electrons. The van der Waals surface area contributed by atoms with Crippen LogP contribution in [0.25, 0.3) is 0 Å². The Balaban J connectivity index is 1.85. The van der Waals surface area contributed by atoms with E-state index in [1.807, 2.05) is 6.07 Å². The first-order valence-corrected chi connectivity index (χ1v) is 12.7. The molecule has 2 atom stereocenters. The molecule has 0 spiro atoms. The normalized spacial score (nSPS) is 20.6. The fourth-order valence-corrected chi connectivity index (χ4v) is 5.01. The molecule has 9 heteroatoms. The highest BCUT2D eigenvalue weighted by Gasteiger charge is 2.47. The van der Waals surface area contributed by atoms with Gasteiger partial charge in [0.25, 0.3) is 5.91 Å². The number of amides is 2. The molecule has 1 saturated carbocycles. The van der Waals surface area contributed by atoms with Crippen LogP contribution in [0.5, 0.6) is 0 Å². The number of hydrogen-bond donors (Lipinski definition) is 1. The molecule has 3 rings (SSSR count). The zero-order chi connectivity index (χ0) is 26.5. The number of nitrogens with zero attached hydrogens (tertiary/aromatic N) is 4. The molecule has 1 aliphatic heterocycles. The summed E-state index contributed by atoms with van der Waals surface area (Å²) in [6, 6.07) is 4.62. The maximum Gasteiger partial charge on any atom is 0.349 e. The highest BCUT2D eigenvalue weighted by molar-refractivity contribution is 6.23. The van der Waals surface area contributed by atoms with Crippen LogP contribution in [0.1, 0.15) is 83.9 Å². The predicted molar refractivity (Wildman–Crippen MR) is 136 cm³/mol. The van der Waals surface area contributed by atoms with E-state index >= 15 is 0 Å². The second-order valence-electron chi connectivity index (χ2n) is 10.9. The van der Waals surface area contributed by atoms with E-state index in [9.17, 15) is 14.4 Å². The van der Waals surface area contributed by atoms with Gasteiger partial charge in [0.15, 0.2) is 0 Å². The van der Waals surface area contributed by atoms with Gasteiger partial charge in [0.05, 0.1) is 0 Å². The van der Waals surface area contributed by atoms with Crippen molar-refractivity contribution < 1.29 is 19.1 Å². The second kappa shape index (κ2) is 11.2. The largest absolute Gasteiger partial charge is 0.456 e. The average molecular weight is 496 g/mol. The molecule has 1 aromatic rings. The van der Waals surface area contributed by atoms with Gasteiger partial charge in [-0.25, -0.2) is 9.78 Å². The fourth-order valence-electron chi connectivity index (χ4n) is 5.01. The van der Waals surface area contributed by atoms with Crippen molar-refractivity contribution in [3.05, 3.63) is 23.4 Å². The Bertz CT molecular complexity index is 1060. The Morgan fingerprint density at radius 1 is 1.14 bits per heavy atom. The van der Waals surface area contributed by atoms with Crippen LogP contribution in [-0.4, -0.2) is 57.6 Å². The topological polar surface area (TPSA) is 125 Å². The van der Waals surface area contributed by atoms with Crippen LogP contribution >= 0.6 is 0 Å². The van der Waals surface area contributed by atoms with E-state index in [1.165, 1.54) is 0 Å². The summed E-state index contributed by atoms with van der Waals surface area (Å²) in [6.07, 6.45) is 7.11. The monoisotopic (exact) mass is 495 g/mol. The Morgan fingerprint density at radius 2 is 1.83 bits per heavy atom. The lowest BCUT2D eigenvalue weighted by atomic mass is 9.75. The lowest BCUT2D eigenvalue weighted by molar-refractivity contribution is -0.145. The molecule has 0 radical (unpaired) electrons. The number of carbonyl (C=O) groups excluding carboxylic acids is 3. The van der Waals surface area contributed by atoms with Gasteiger partial charge in [-0.3, -0.25) is 14.6 Å². The van der Waals surface area contributed by atoms with Crippen molar-refractivity contribution >= 4 is 29.8 Å². The minimum absolute atomic E-state index is 0.0297. The third-order valence-electron chi connectivity index (χ3n) is 6.95. The molecule has 0 bridgehead atoms. The van der Waals surface area contributed by atoms with Crippen molar-refractivity contribution in [1.82, 2.24) is 9.88 Å². The number of aliphatic imine (C=N–C) groups is 1. The van der Waals surface area contributed by atoms with Crippen molar-refractivity contribution in [2.45, 2.75) is 96.7 Å². The van der Waals surface area contributed by atoms with Gasteiger partial charge in [-0.05, 0) is 77.8 Å². The number of aromatic nitrogens is 1. The second-order valence-corrected chi connectivity index (χ2v) is 10.9. The van der Waals surface area contributed by atoms with E-state index < -0.39 is 23.2 Å². The molecule has 36 heavy (non-hydrogen) atoms. The number of carbonyl (C=O) groups is 3. The lowest BCUT2D eigenvalue weighted by Crippen LogP contribution is -2.54. The first-order chi connectivity index (χ1) is 16.9. The minimum Gasteiger partial charge on any atom is -0.456 e. The highest BCUT2D eigenvalue weighted by Crippen LogP contribution is 2.38. The number of pyridine rings is 1. The summed E-state index contributed by atoms with van der Waals surface area (Å²) in [5.74, 6) is -0.891. The molecule has 2 heterocycles. The van der Waals surface area contributed by atoms with Gasteiger partial charge < -0.3 is 15.0 Å². The minimum atomic E-state index is -1.17. The van der Waals surface area contributed by atoms with E-state index in [0.717, 1.165) is 43.9 Å². The van der Waals surface area contributed by atoms with Crippen molar-refractivity contribution in [1.29, 1.82) is 5.26 Å². The van der Waals surface area contributed by atoms with Crippen LogP contribution in [0, 0.1) is 24.2 Å². The smallest absolute Gasteiger partial charge is 0.349 e. The molecule has 1 saturated heterocycles. The SMILES string of the molecule is Cc1ccc(C#N)nc1NC(=O)[C@@H]1CCCN1C(=O)[C@](C)(N=CC(=O)OC(C)(C)C)C1CCCCC1. The van der Waals surface area contributed by atoms with E-state index in [2.05, 4.69) is 15.3 Å². The maximum absolute atomic E-state index is 14.0. The van der Waals surface area contributed by atoms with E-state index in [4.69, 9.17) is 10.00 Å². The van der Waals surface area contributed by atoms with E-state index in [1.54, 1.807) is 51.7 Å². The van der Waals surface area contributed by atoms with E-state index in [-0.39, 0.29) is 23.4 Å². The quantitative estimate of drug-likeness (QED) is 0.471. The maximum atomic E-state index is 14.0. The van der Waals surface area contributed by atoms with Crippen molar-refractivity contribution in [3.63, 3.8) is 0 Å². The zero-order valence-corrected chi connectivity index (χ0v) is 22.0. The van der Waals surface area contributed by atoms with Gasteiger partial charge >= 0.3 is 5.97 Å². The van der Waals surface area contributed by atoms with Gasteiger partial charge in [-0.1, -0.05) is 25.3 Å². The highest BCUT2D eigenvalue weighted by atomic mass is 16.6. The van der Waals surface area contributed by atoms with E-state index in [0.29, 0.717) is 25.2 Å². The van der Waals surface area contributed by atoms with Gasteiger partial charge in [-0.2, -0.15) is 5.26 Å². The third-order valence-corrected chi connectivity index (χ3v) is 6.95.